The Balaban J connectivity index is 1.85. The van der Waals surface area contributed by atoms with Crippen LogP contribution < -0.4 is 0 Å². The molecule has 1 amide bonds. The number of alkyl halides is 1. The Labute approximate surface area is 123 Å². The molecule has 0 atom stereocenters. The SMILES string of the molecule is CC(C)(C)OC(=O)N1CCC2(CC(C(=O)CBr)C2)C1. The van der Waals surface area contributed by atoms with Crippen molar-refractivity contribution in [2.24, 2.45) is 11.3 Å². The van der Waals surface area contributed by atoms with Gasteiger partial charge in [-0.3, -0.25) is 4.79 Å². The summed E-state index contributed by atoms with van der Waals surface area (Å²) in [5.41, 5.74) is -0.264. The van der Waals surface area contributed by atoms with Gasteiger partial charge in [0.2, 0.25) is 0 Å². The van der Waals surface area contributed by atoms with E-state index in [0.717, 1.165) is 32.4 Å². The van der Waals surface area contributed by atoms with Gasteiger partial charge < -0.3 is 9.64 Å². The number of carbonyl (C=O) groups is 2. The van der Waals surface area contributed by atoms with Crippen LogP contribution in [0.25, 0.3) is 0 Å². The van der Waals surface area contributed by atoms with Gasteiger partial charge in [0, 0.05) is 19.0 Å². The summed E-state index contributed by atoms with van der Waals surface area (Å²) in [5.74, 6) is 0.485. The maximum atomic E-state index is 12.0. The van der Waals surface area contributed by atoms with Gasteiger partial charge in [0.15, 0.2) is 0 Å². The Morgan fingerprint density at radius 3 is 2.53 bits per heavy atom. The summed E-state index contributed by atoms with van der Waals surface area (Å²) in [6.07, 6.45) is 2.63. The number of rotatable bonds is 2. The summed E-state index contributed by atoms with van der Waals surface area (Å²) >= 11 is 3.22. The minimum absolute atomic E-state index is 0.180. The van der Waals surface area contributed by atoms with Crippen LogP contribution in [0, 0.1) is 11.3 Å². The van der Waals surface area contributed by atoms with E-state index in [1.165, 1.54) is 0 Å². The highest BCUT2D eigenvalue weighted by Crippen LogP contribution is 2.52. The zero-order valence-electron chi connectivity index (χ0n) is 11.9. The maximum Gasteiger partial charge on any atom is 0.410 e. The van der Waals surface area contributed by atoms with Crippen molar-refractivity contribution in [2.75, 3.05) is 18.4 Å². The van der Waals surface area contributed by atoms with Crippen LogP contribution in [0.15, 0.2) is 0 Å². The third-order valence-corrected chi connectivity index (χ3v) is 4.59. The summed E-state index contributed by atoms with van der Waals surface area (Å²) < 4.78 is 5.39. The number of ether oxygens (including phenoxy) is 1. The van der Waals surface area contributed by atoms with E-state index < -0.39 is 5.60 Å². The van der Waals surface area contributed by atoms with Crippen molar-refractivity contribution in [2.45, 2.75) is 45.6 Å². The molecule has 2 aliphatic rings. The van der Waals surface area contributed by atoms with E-state index >= 15 is 0 Å². The van der Waals surface area contributed by atoms with Gasteiger partial charge in [-0.05, 0) is 45.4 Å². The van der Waals surface area contributed by atoms with Crippen molar-refractivity contribution in [1.82, 2.24) is 4.90 Å². The molecule has 1 heterocycles. The molecule has 108 valence electrons. The number of halogens is 1. The molecule has 2 rings (SSSR count). The lowest BCUT2D eigenvalue weighted by Gasteiger charge is -2.44. The fourth-order valence-corrected chi connectivity index (χ4v) is 3.53. The summed E-state index contributed by atoms with van der Waals surface area (Å²) in [5, 5.41) is 0.448. The third kappa shape index (κ3) is 3.30. The molecule has 0 N–H and O–H groups in total. The zero-order chi connectivity index (χ0) is 14.3. The minimum atomic E-state index is -0.444. The van der Waals surface area contributed by atoms with E-state index in [1.807, 2.05) is 20.8 Å². The highest BCUT2D eigenvalue weighted by atomic mass is 79.9. The van der Waals surface area contributed by atoms with E-state index in [4.69, 9.17) is 4.74 Å². The van der Waals surface area contributed by atoms with Gasteiger partial charge in [-0.2, -0.15) is 0 Å². The molecule has 0 bridgehead atoms. The number of likely N-dealkylation sites (tertiary alicyclic amines) is 1. The van der Waals surface area contributed by atoms with Gasteiger partial charge in [-0.1, -0.05) is 15.9 Å². The van der Waals surface area contributed by atoms with E-state index in [-0.39, 0.29) is 17.4 Å². The first-order valence-corrected chi connectivity index (χ1v) is 7.93. The molecule has 19 heavy (non-hydrogen) atoms. The quantitative estimate of drug-likeness (QED) is 0.731. The molecule has 0 unspecified atom stereocenters. The fourth-order valence-electron chi connectivity index (χ4n) is 3.07. The van der Waals surface area contributed by atoms with Gasteiger partial charge >= 0.3 is 6.09 Å². The highest BCUT2D eigenvalue weighted by Gasteiger charge is 2.51. The molecule has 0 aromatic rings. The number of Topliss-reactive ketones (excluding diaryl/α,β-unsaturated/α-hetero) is 1. The Bertz CT molecular complexity index is 383. The molecule has 0 aromatic carbocycles. The van der Waals surface area contributed by atoms with Gasteiger partial charge in [-0.25, -0.2) is 4.79 Å². The number of ketones is 1. The van der Waals surface area contributed by atoms with Crippen molar-refractivity contribution in [3.05, 3.63) is 0 Å². The first-order chi connectivity index (χ1) is 8.75. The Morgan fingerprint density at radius 2 is 2.00 bits per heavy atom. The van der Waals surface area contributed by atoms with Crippen LogP contribution in [-0.2, 0) is 9.53 Å². The average molecular weight is 332 g/mol. The van der Waals surface area contributed by atoms with Gasteiger partial charge in [0.05, 0.1) is 5.33 Å². The number of hydrogen-bond acceptors (Lipinski definition) is 3. The van der Waals surface area contributed by atoms with Gasteiger partial charge in [0.1, 0.15) is 11.4 Å². The molecular weight excluding hydrogens is 310 g/mol. The van der Waals surface area contributed by atoms with Crippen LogP contribution in [0.2, 0.25) is 0 Å². The van der Waals surface area contributed by atoms with Crippen molar-refractivity contribution in [1.29, 1.82) is 0 Å². The average Bonchev–Trinajstić information content (AvgIpc) is 2.68. The first kappa shape index (κ1) is 14.8. The molecule has 2 fully saturated rings. The van der Waals surface area contributed by atoms with E-state index in [2.05, 4.69) is 15.9 Å². The fraction of sp³-hybridized carbons (Fsp3) is 0.857. The molecule has 0 aromatic heterocycles. The van der Waals surface area contributed by atoms with Crippen molar-refractivity contribution in [3.63, 3.8) is 0 Å². The van der Waals surface area contributed by atoms with Gasteiger partial charge in [0.25, 0.3) is 0 Å². The number of carbonyl (C=O) groups excluding carboxylic acids is 2. The van der Waals surface area contributed by atoms with Crippen LogP contribution >= 0.6 is 15.9 Å². The van der Waals surface area contributed by atoms with Crippen LogP contribution in [-0.4, -0.2) is 40.8 Å². The van der Waals surface area contributed by atoms with Crippen LogP contribution in [0.4, 0.5) is 4.79 Å². The smallest absolute Gasteiger partial charge is 0.410 e. The second-order valence-electron chi connectivity index (χ2n) is 6.86. The van der Waals surface area contributed by atoms with Crippen molar-refractivity contribution in [3.8, 4) is 0 Å². The largest absolute Gasteiger partial charge is 0.444 e. The van der Waals surface area contributed by atoms with Crippen molar-refractivity contribution < 1.29 is 14.3 Å². The summed E-state index contributed by atoms with van der Waals surface area (Å²) in [6.45, 7) is 7.14. The number of amides is 1. The molecule has 0 radical (unpaired) electrons. The summed E-state index contributed by atoms with van der Waals surface area (Å²) in [6, 6.07) is 0. The van der Waals surface area contributed by atoms with Crippen molar-refractivity contribution >= 4 is 27.8 Å². The van der Waals surface area contributed by atoms with E-state index in [0.29, 0.717) is 11.1 Å². The summed E-state index contributed by atoms with van der Waals surface area (Å²) in [4.78, 5) is 25.4. The predicted octanol–water partition coefficient (Wildman–Crippen LogP) is 2.99. The minimum Gasteiger partial charge on any atom is -0.444 e. The lowest BCUT2D eigenvalue weighted by Crippen LogP contribution is -2.44. The topological polar surface area (TPSA) is 46.6 Å². The second kappa shape index (κ2) is 5.08. The summed E-state index contributed by atoms with van der Waals surface area (Å²) in [7, 11) is 0. The highest BCUT2D eigenvalue weighted by molar-refractivity contribution is 9.09. The number of nitrogens with zero attached hydrogens (tertiary/aromatic N) is 1. The van der Waals surface area contributed by atoms with Crippen LogP contribution in [0.5, 0.6) is 0 Å². The third-order valence-electron chi connectivity index (χ3n) is 4.04. The van der Waals surface area contributed by atoms with E-state index in [9.17, 15) is 9.59 Å². The molecule has 1 aliphatic carbocycles. The Hall–Kier alpha value is -0.580. The molecule has 1 saturated heterocycles. The monoisotopic (exact) mass is 331 g/mol. The normalized spacial score (nSPS) is 30.3. The zero-order valence-corrected chi connectivity index (χ0v) is 13.5. The standard InChI is InChI=1S/C14H22BrNO3/c1-13(2,3)19-12(18)16-5-4-14(9-16)6-10(7-14)11(17)8-15/h10H,4-9H2,1-3H3. The van der Waals surface area contributed by atoms with Gasteiger partial charge in [-0.15, -0.1) is 0 Å². The van der Waals surface area contributed by atoms with Crippen LogP contribution in [0.3, 0.4) is 0 Å². The molecule has 1 saturated carbocycles. The molecule has 1 aliphatic heterocycles. The van der Waals surface area contributed by atoms with Crippen LogP contribution in [0.1, 0.15) is 40.0 Å². The van der Waals surface area contributed by atoms with E-state index in [1.54, 1.807) is 4.90 Å². The first-order valence-electron chi connectivity index (χ1n) is 6.81. The predicted molar refractivity (Wildman–Crippen MR) is 76.4 cm³/mol. The Morgan fingerprint density at radius 1 is 1.37 bits per heavy atom. The molecule has 1 spiro atoms. The molecule has 4 nitrogen and oxygen atoms in total. The molecular formula is C14H22BrNO3. The Kier molecular flexibility index (Phi) is 3.96. The lowest BCUT2D eigenvalue weighted by molar-refractivity contribution is -0.127. The second-order valence-corrected chi connectivity index (χ2v) is 7.42. The number of hydrogen-bond donors (Lipinski definition) is 0. The molecule has 5 heteroatoms. The maximum absolute atomic E-state index is 12.0. The lowest BCUT2D eigenvalue weighted by atomic mass is 9.60.